The molecule has 1 aromatic rings. The molecule has 0 fully saturated rings. The Hall–Kier alpha value is -1.44. The molecule has 0 amide bonds. The van der Waals surface area contributed by atoms with Crippen LogP contribution in [0.3, 0.4) is 0 Å². The van der Waals surface area contributed by atoms with Crippen molar-refractivity contribution in [2.45, 2.75) is 19.9 Å². The highest BCUT2D eigenvalue weighted by atomic mass is 19.1. The Balaban J connectivity index is 2.58. The van der Waals surface area contributed by atoms with E-state index in [0.29, 0.717) is 0 Å². The van der Waals surface area contributed by atoms with Gasteiger partial charge in [-0.1, -0.05) is 13.0 Å². The third-order valence-electron chi connectivity index (χ3n) is 3.08. The van der Waals surface area contributed by atoms with Gasteiger partial charge in [-0.2, -0.15) is 5.26 Å². The molecule has 3 nitrogen and oxygen atoms in total. The van der Waals surface area contributed by atoms with Crippen LogP contribution < -0.4 is 0 Å². The fourth-order valence-electron chi connectivity index (χ4n) is 1.97. The molecule has 0 aliphatic carbocycles. The molecular formula is C15H22FN3. The quantitative estimate of drug-likeness (QED) is 0.757. The summed E-state index contributed by atoms with van der Waals surface area (Å²) >= 11 is 0. The molecule has 0 aliphatic rings. The summed E-state index contributed by atoms with van der Waals surface area (Å²) in [6.45, 7) is 5.90. The second-order valence-corrected chi connectivity index (χ2v) is 4.95. The van der Waals surface area contributed by atoms with Crippen molar-refractivity contribution in [1.29, 1.82) is 5.26 Å². The first-order chi connectivity index (χ1) is 9.06. The van der Waals surface area contributed by atoms with E-state index in [1.807, 2.05) is 6.07 Å². The summed E-state index contributed by atoms with van der Waals surface area (Å²) in [5.74, 6) is -0.443. The van der Waals surface area contributed by atoms with E-state index < -0.39 is 5.82 Å². The van der Waals surface area contributed by atoms with Crippen molar-refractivity contribution < 1.29 is 4.39 Å². The highest BCUT2D eigenvalue weighted by Gasteiger charge is 2.07. The zero-order valence-corrected chi connectivity index (χ0v) is 12.0. The average molecular weight is 263 g/mol. The summed E-state index contributed by atoms with van der Waals surface area (Å²) in [6.07, 6.45) is 1.10. The van der Waals surface area contributed by atoms with Crippen LogP contribution >= 0.6 is 0 Å². The summed E-state index contributed by atoms with van der Waals surface area (Å²) in [7, 11) is 4.13. The largest absolute Gasteiger partial charge is 0.309 e. The topological polar surface area (TPSA) is 30.3 Å². The smallest absolute Gasteiger partial charge is 0.140 e. The summed E-state index contributed by atoms with van der Waals surface area (Å²) < 4.78 is 13.2. The Morgan fingerprint density at radius 1 is 1.26 bits per heavy atom. The molecule has 0 spiro atoms. The Labute approximate surface area is 115 Å². The molecule has 0 heterocycles. The van der Waals surface area contributed by atoms with E-state index in [9.17, 15) is 4.39 Å². The molecule has 0 atom stereocenters. The molecule has 104 valence electrons. The van der Waals surface area contributed by atoms with Crippen LogP contribution in [0.2, 0.25) is 0 Å². The molecule has 1 aromatic carbocycles. The van der Waals surface area contributed by atoms with Gasteiger partial charge < -0.3 is 4.90 Å². The molecule has 0 saturated heterocycles. The maximum atomic E-state index is 13.2. The van der Waals surface area contributed by atoms with Gasteiger partial charge >= 0.3 is 0 Å². The fourth-order valence-corrected chi connectivity index (χ4v) is 1.97. The fraction of sp³-hybridized carbons (Fsp3) is 0.533. The molecule has 0 saturated carbocycles. The van der Waals surface area contributed by atoms with Crippen LogP contribution in [0.15, 0.2) is 18.2 Å². The van der Waals surface area contributed by atoms with Crippen molar-refractivity contribution in [3.63, 3.8) is 0 Å². The van der Waals surface area contributed by atoms with E-state index in [0.717, 1.165) is 38.2 Å². The van der Waals surface area contributed by atoms with Gasteiger partial charge in [0.1, 0.15) is 11.9 Å². The SMILES string of the molecule is CCN(CCCN(C)C)Cc1ccc(F)c(C#N)c1. The predicted octanol–water partition coefficient (Wildman–Crippen LogP) is 2.47. The van der Waals surface area contributed by atoms with Crippen molar-refractivity contribution in [2.75, 3.05) is 33.7 Å². The van der Waals surface area contributed by atoms with E-state index >= 15 is 0 Å². The predicted molar refractivity (Wildman–Crippen MR) is 75.2 cm³/mol. The Morgan fingerprint density at radius 2 is 2.00 bits per heavy atom. The van der Waals surface area contributed by atoms with Crippen molar-refractivity contribution in [1.82, 2.24) is 9.80 Å². The van der Waals surface area contributed by atoms with Gasteiger partial charge in [0.05, 0.1) is 5.56 Å². The van der Waals surface area contributed by atoms with Crippen LogP contribution in [-0.4, -0.2) is 43.5 Å². The number of hydrogen-bond acceptors (Lipinski definition) is 3. The highest BCUT2D eigenvalue weighted by Crippen LogP contribution is 2.12. The first-order valence-electron chi connectivity index (χ1n) is 6.62. The molecule has 0 aliphatic heterocycles. The van der Waals surface area contributed by atoms with Gasteiger partial charge in [-0.05, 0) is 57.8 Å². The van der Waals surface area contributed by atoms with Crippen molar-refractivity contribution in [3.8, 4) is 6.07 Å². The third-order valence-corrected chi connectivity index (χ3v) is 3.08. The Kier molecular flexibility index (Phi) is 6.48. The number of rotatable bonds is 7. The van der Waals surface area contributed by atoms with Crippen molar-refractivity contribution in [2.24, 2.45) is 0 Å². The lowest BCUT2D eigenvalue weighted by Gasteiger charge is -2.21. The molecule has 0 unspecified atom stereocenters. The van der Waals surface area contributed by atoms with Crippen molar-refractivity contribution >= 4 is 0 Å². The van der Waals surface area contributed by atoms with Gasteiger partial charge in [0, 0.05) is 6.54 Å². The zero-order chi connectivity index (χ0) is 14.3. The normalized spacial score (nSPS) is 11.0. The van der Waals surface area contributed by atoms with Crippen LogP contribution in [-0.2, 0) is 6.54 Å². The molecule has 0 N–H and O–H groups in total. The summed E-state index contributed by atoms with van der Waals surface area (Å²) in [5, 5.41) is 8.83. The van der Waals surface area contributed by atoms with Gasteiger partial charge in [-0.15, -0.1) is 0 Å². The number of nitrogens with zero attached hydrogens (tertiary/aromatic N) is 3. The van der Waals surface area contributed by atoms with Gasteiger partial charge in [-0.25, -0.2) is 4.39 Å². The molecule has 0 bridgehead atoms. The molecule has 1 rings (SSSR count). The molecule has 0 aromatic heterocycles. The Morgan fingerprint density at radius 3 is 2.58 bits per heavy atom. The van der Waals surface area contributed by atoms with Gasteiger partial charge in [0.25, 0.3) is 0 Å². The molecule has 19 heavy (non-hydrogen) atoms. The second kappa shape index (κ2) is 7.88. The molecular weight excluding hydrogens is 241 g/mol. The first kappa shape index (κ1) is 15.6. The number of halogens is 1. The van der Waals surface area contributed by atoms with Crippen molar-refractivity contribution in [3.05, 3.63) is 35.1 Å². The van der Waals surface area contributed by atoms with E-state index in [4.69, 9.17) is 5.26 Å². The molecule has 0 radical (unpaired) electrons. The van der Waals surface area contributed by atoms with Crippen LogP contribution in [0.1, 0.15) is 24.5 Å². The van der Waals surface area contributed by atoms with E-state index in [-0.39, 0.29) is 5.56 Å². The maximum absolute atomic E-state index is 13.2. The minimum absolute atomic E-state index is 0.127. The summed E-state index contributed by atoms with van der Waals surface area (Å²) in [5.41, 5.74) is 1.12. The molecule has 4 heteroatoms. The summed E-state index contributed by atoms with van der Waals surface area (Å²) in [4.78, 5) is 4.47. The van der Waals surface area contributed by atoms with E-state index in [1.165, 1.54) is 6.07 Å². The summed E-state index contributed by atoms with van der Waals surface area (Å²) in [6, 6.07) is 6.66. The lowest BCUT2D eigenvalue weighted by Crippen LogP contribution is -2.26. The Bertz CT molecular complexity index is 438. The third kappa shape index (κ3) is 5.37. The van der Waals surface area contributed by atoms with Crippen LogP contribution in [0, 0.1) is 17.1 Å². The first-order valence-corrected chi connectivity index (χ1v) is 6.62. The van der Waals surface area contributed by atoms with Crippen LogP contribution in [0.4, 0.5) is 4.39 Å². The maximum Gasteiger partial charge on any atom is 0.140 e. The second-order valence-electron chi connectivity index (χ2n) is 4.95. The van der Waals surface area contributed by atoms with Crippen LogP contribution in [0.5, 0.6) is 0 Å². The average Bonchev–Trinajstić information content (AvgIpc) is 2.39. The standard InChI is InChI=1S/C15H22FN3/c1-4-19(9-5-8-18(2)3)12-13-6-7-15(16)14(10-13)11-17/h6-7,10H,4-5,8-9,12H2,1-3H3. The van der Waals surface area contributed by atoms with Gasteiger partial charge in [-0.3, -0.25) is 4.90 Å². The lowest BCUT2D eigenvalue weighted by molar-refractivity contribution is 0.259. The van der Waals surface area contributed by atoms with Crippen LogP contribution in [0.25, 0.3) is 0 Å². The zero-order valence-electron chi connectivity index (χ0n) is 12.0. The van der Waals surface area contributed by atoms with Gasteiger partial charge in [0.15, 0.2) is 0 Å². The van der Waals surface area contributed by atoms with E-state index in [2.05, 4.69) is 30.8 Å². The van der Waals surface area contributed by atoms with E-state index in [1.54, 1.807) is 12.1 Å². The number of benzene rings is 1. The minimum Gasteiger partial charge on any atom is -0.309 e. The number of hydrogen-bond donors (Lipinski definition) is 0. The minimum atomic E-state index is -0.443. The van der Waals surface area contributed by atoms with Gasteiger partial charge in [0.2, 0.25) is 0 Å². The highest BCUT2D eigenvalue weighted by molar-refractivity contribution is 5.34. The lowest BCUT2D eigenvalue weighted by atomic mass is 10.1. The monoisotopic (exact) mass is 263 g/mol. The number of nitriles is 1.